The molecule has 0 aromatic carbocycles. The van der Waals surface area contributed by atoms with Gasteiger partial charge < -0.3 is 25.2 Å². The first-order chi connectivity index (χ1) is 21.4. The Balaban J connectivity index is 1.39. The zero-order valence-electron chi connectivity index (χ0n) is 24.3. The molecule has 18 heteroatoms. The van der Waals surface area contributed by atoms with Gasteiger partial charge in [0.1, 0.15) is 18.1 Å². The molecule has 1 saturated heterocycles. The minimum absolute atomic E-state index is 0.00338. The van der Waals surface area contributed by atoms with E-state index in [0.717, 1.165) is 16.8 Å². The van der Waals surface area contributed by atoms with Crippen molar-refractivity contribution < 1.29 is 54.6 Å². The average molecular weight is 663 g/mol. The van der Waals surface area contributed by atoms with Crippen molar-refractivity contribution in [3.63, 3.8) is 0 Å². The molecule has 1 aromatic heterocycles. The fraction of sp³-hybridized carbons (Fsp3) is 0.643. The van der Waals surface area contributed by atoms with Crippen LogP contribution in [0.5, 0.6) is 5.75 Å². The molecule has 0 unspecified atom stereocenters. The zero-order valence-corrected chi connectivity index (χ0v) is 24.3. The first kappa shape index (κ1) is 33.2. The number of amides is 4. The Morgan fingerprint density at radius 2 is 1.85 bits per heavy atom. The highest BCUT2D eigenvalue weighted by molar-refractivity contribution is 6.01. The maximum Gasteiger partial charge on any atom is 0.463 e. The van der Waals surface area contributed by atoms with E-state index in [1.54, 1.807) is 6.07 Å². The van der Waals surface area contributed by atoms with E-state index in [4.69, 9.17) is 4.74 Å². The lowest BCUT2D eigenvalue weighted by molar-refractivity contribution is -0.270. The summed E-state index contributed by atoms with van der Waals surface area (Å²) >= 11 is 0. The summed E-state index contributed by atoms with van der Waals surface area (Å²) in [6.07, 6.45) is -6.08. The van der Waals surface area contributed by atoms with Crippen LogP contribution in [0.25, 0.3) is 0 Å². The number of likely N-dealkylation sites (tertiary alicyclic amines) is 1. The molecular formula is C28H29F7N6O5. The van der Waals surface area contributed by atoms with E-state index in [2.05, 4.69) is 10.3 Å². The van der Waals surface area contributed by atoms with Crippen molar-refractivity contribution in [3.8, 4) is 11.8 Å². The minimum Gasteiger partial charge on any atom is -0.472 e. The molecular weight excluding hydrogens is 633 g/mol. The van der Waals surface area contributed by atoms with Crippen molar-refractivity contribution in [2.45, 2.75) is 86.7 Å². The van der Waals surface area contributed by atoms with E-state index in [0.29, 0.717) is 12.8 Å². The number of hydrogen-bond acceptors (Lipinski definition) is 7. The summed E-state index contributed by atoms with van der Waals surface area (Å²) in [6.45, 7) is -0.428. The predicted molar refractivity (Wildman–Crippen MR) is 141 cm³/mol. The summed E-state index contributed by atoms with van der Waals surface area (Å²) in [4.78, 5) is 58.7. The number of nitrogens with one attached hydrogen (secondary N) is 2. The summed E-state index contributed by atoms with van der Waals surface area (Å²) in [5, 5.41) is 13.9. The van der Waals surface area contributed by atoms with Crippen molar-refractivity contribution in [2.75, 3.05) is 18.9 Å². The highest BCUT2D eigenvalue weighted by atomic mass is 19.4. The van der Waals surface area contributed by atoms with Crippen LogP contribution in [0.1, 0.15) is 44.9 Å². The minimum atomic E-state index is -6.30. The van der Waals surface area contributed by atoms with Crippen LogP contribution in [0.2, 0.25) is 0 Å². The van der Waals surface area contributed by atoms with E-state index in [1.807, 2.05) is 6.07 Å². The number of halogens is 7. The van der Waals surface area contributed by atoms with E-state index >= 15 is 0 Å². The maximum atomic E-state index is 14.0. The summed E-state index contributed by atoms with van der Waals surface area (Å²) in [5.74, 6) is -15.4. The molecule has 2 N–H and O–H groups in total. The van der Waals surface area contributed by atoms with Gasteiger partial charge in [-0.2, -0.15) is 27.2 Å². The molecule has 4 aliphatic rings. The van der Waals surface area contributed by atoms with Crippen LogP contribution in [0.15, 0.2) is 18.3 Å². The van der Waals surface area contributed by atoms with Crippen LogP contribution >= 0.6 is 0 Å². The predicted octanol–water partition coefficient (Wildman–Crippen LogP) is 3.02. The number of hydrogen-bond donors (Lipinski definition) is 2. The van der Waals surface area contributed by atoms with E-state index in [9.17, 15) is 55.2 Å². The number of likely N-dealkylation sites (N-methyl/N-ethyl adjacent to an activating group) is 1. The largest absolute Gasteiger partial charge is 0.472 e. The van der Waals surface area contributed by atoms with Crippen molar-refractivity contribution in [3.05, 3.63) is 18.3 Å². The molecule has 2 aliphatic heterocycles. The Bertz CT molecular complexity index is 1460. The third-order valence-corrected chi connectivity index (χ3v) is 8.82. The normalized spacial score (nSPS) is 25.3. The number of alkyl halides is 7. The summed E-state index contributed by atoms with van der Waals surface area (Å²) in [6, 6.07) is 0.272. The van der Waals surface area contributed by atoms with E-state index in [-0.39, 0.29) is 30.3 Å². The summed E-state index contributed by atoms with van der Waals surface area (Å²) in [5.41, 5.74) is -1.70. The molecule has 46 heavy (non-hydrogen) atoms. The van der Waals surface area contributed by atoms with Crippen LogP contribution in [0, 0.1) is 23.2 Å². The molecule has 5 rings (SSSR count). The Morgan fingerprint density at radius 3 is 2.43 bits per heavy atom. The molecule has 4 amide bonds. The summed E-state index contributed by atoms with van der Waals surface area (Å²) < 4.78 is 99.4. The Labute approximate surface area is 257 Å². The van der Waals surface area contributed by atoms with Crippen LogP contribution in [-0.4, -0.2) is 93.8 Å². The Hall–Kier alpha value is -4.17. The molecule has 0 bridgehead atoms. The number of carbonyl (C=O) groups excluding carboxylic acids is 4. The lowest BCUT2D eigenvalue weighted by Crippen LogP contribution is -2.60. The number of rotatable bonds is 9. The Kier molecular flexibility index (Phi) is 8.35. The monoisotopic (exact) mass is 662 g/mol. The van der Waals surface area contributed by atoms with Crippen LogP contribution in [0.3, 0.4) is 0 Å². The van der Waals surface area contributed by atoms with Crippen LogP contribution in [0.4, 0.5) is 36.6 Å². The molecule has 0 radical (unpaired) electrons. The zero-order chi connectivity index (χ0) is 33.8. The molecule has 11 nitrogen and oxygen atoms in total. The van der Waals surface area contributed by atoms with E-state index in [1.165, 1.54) is 17.6 Å². The number of ether oxygens (including phenoxy) is 1. The molecule has 1 aromatic rings. The van der Waals surface area contributed by atoms with Gasteiger partial charge in [-0.05, 0) is 36.8 Å². The molecule has 3 fully saturated rings. The molecule has 1 spiro atoms. The molecule has 2 aliphatic carbocycles. The second kappa shape index (κ2) is 11.6. The van der Waals surface area contributed by atoms with Crippen molar-refractivity contribution in [2.24, 2.45) is 11.8 Å². The van der Waals surface area contributed by atoms with Gasteiger partial charge in [-0.15, -0.1) is 0 Å². The second-order valence-electron chi connectivity index (χ2n) is 12.3. The van der Waals surface area contributed by atoms with E-state index < -0.39 is 97.1 Å². The molecule has 250 valence electrons. The van der Waals surface area contributed by atoms with Gasteiger partial charge in [0.05, 0.1) is 12.6 Å². The van der Waals surface area contributed by atoms with Gasteiger partial charge in [0.15, 0.2) is 11.6 Å². The third-order valence-electron chi connectivity index (χ3n) is 8.82. The van der Waals surface area contributed by atoms with Gasteiger partial charge in [0.2, 0.25) is 23.3 Å². The molecule has 3 heterocycles. The lowest BCUT2D eigenvalue weighted by Gasteiger charge is -2.39. The standard InChI is InChI=1S/C28H29F7N6O5/c1-40(21(42)17(7-15-9-26(29,30)10-15)38-24(45)27(31,32)28(33,34)35)18(8-14-4-5-14)22(43)41-13-25(11-16(41)12-36)23(44)39-20-19(46-25)3-2-6-37-20/h2-3,6,14-18H,4-5,7-11,13H2,1H3,(H,38,45)(H,37,39,44)/t16-,17-,18-,25+/m0/s1. The second-order valence-corrected chi connectivity index (χ2v) is 12.3. The van der Waals surface area contributed by atoms with Crippen LogP contribution < -0.4 is 15.4 Å². The van der Waals surface area contributed by atoms with Gasteiger partial charge in [0, 0.05) is 32.5 Å². The average Bonchev–Trinajstić information content (AvgIpc) is 3.72. The molecule has 2 saturated carbocycles. The third kappa shape index (κ3) is 6.27. The summed E-state index contributed by atoms with van der Waals surface area (Å²) in [7, 11) is 1.07. The van der Waals surface area contributed by atoms with Gasteiger partial charge >= 0.3 is 18.0 Å². The maximum absolute atomic E-state index is 14.0. The van der Waals surface area contributed by atoms with Gasteiger partial charge in [-0.3, -0.25) is 19.2 Å². The highest BCUT2D eigenvalue weighted by Gasteiger charge is 2.64. The SMILES string of the molecule is CN(C(=O)[C@H](CC1CC(F)(F)C1)NC(=O)C(F)(F)C(F)(F)F)[C@@H](CC1CC1)C(=O)N1C[C@@]2(C[C@H]1C#N)Oc1cccnc1NC2=O. The van der Waals surface area contributed by atoms with Gasteiger partial charge in [0.25, 0.3) is 5.91 Å². The number of fused-ring (bicyclic) bond motifs is 1. The fourth-order valence-corrected chi connectivity index (χ4v) is 6.07. The molecule has 4 atom stereocenters. The lowest BCUT2D eigenvalue weighted by atomic mass is 9.77. The van der Waals surface area contributed by atoms with Crippen LogP contribution in [-0.2, 0) is 19.2 Å². The Morgan fingerprint density at radius 1 is 1.17 bits per heavy atom. The van der Waals surface area contributed by atoms with Crippen molar-refractivity contribution in [1.82, 2.24) is 20.1 Å². The fourth-order valence-electron chi connectivity index (χ4n) is 6.07. The number of carbonyl (C=O) groups is 4. The number of anilines is 1. The van der Waals surface area contributed by atoms with Crippen molar-refractivity contribution >= 4 is 29.4 Å². The quantitative estimate of drug-likeness (QED) is 0.387. The number of nitrogens with zero attached hydrogens (tertiary/aromatic N) is 4. The topological polar surface area (TPSA) is 145 Å². The number of aromatic nitrogens is 1. The van der Waals surface area contributed by atoms with Gasteiger partial charge in [-0.1, -0.05) is 12.8 Å². The first-order valence-corrected chi connectivity index (χ1v) is 14.4. The van der Waals surface area contributed by atoms with Gasteiger partial charge in [-0.25, -0.2) is 13.8 Å². The first-order valence-electron chi connectivity index (χ1n) is 14.4. The van der Waals surface area contributed by atoms with Crippen molar-refractivity contribution in [1.29, 1.82) is 5.26 Å². The smallest absolute Gasteiger partial charge is 0.463 e. The highest BCUT2D eigenvalue weighted by Crippen LogP contribution is 2.45. The number of nitriles is 1. The number of pyridine rings is 1.